The maximum absolute atomic E-state index is 12.2. The Morgan fingerprint density at radius 3 is 2.94 bits per heavy atom. The highest BCUT2D eigenvalue weighted by Crippen LogP contribution is 2.20. The summed E-state index contributed by atoms with van der Waals surface area (Å²) in [7, 11) is 1.74. The molecule has 1 atom stereocenters. The fourth-order valence-corrected chi connectivity index (χ4v) is 2.13. The largest absolute Gasteiger partial charge is 0.508 e. The van der Waals surface area contributed by atoms with E-state index in [1.165, 1.54) is 0 Å². The number of amides is 1. The number of hydrogen-bond acceptors (Lipinski definition) is 3. The highest BCUT2D eigenvalue weighted by Gasteiger charge is 2.24. The highest BCUT2D eigenvalue weighted by atomic mass is 16.3. The maximum Gasteiger partial charge on any atom is 0.243 e. The number of likely N-dealkylation sites (N-methyl/N-ethyl adjacent to an activating group) is 1. The van der Waals surface area contributed by atoms with Crippen molar-refractivity contribution in [2.24, 2.45) is 0 Å². The molecule has 17 heavy (non-hydrogen) atoms. The van der Waals surface area contributed by atoms with Gasteiger partial charge in [-0.25, -0.2) is 0 Å². The minimum Gasteiger partial charge on any atom is -0.508 e. The zero-order valence-corrected chi connectivity index (χ0v) is 10.0. The Kier molecular flexibility index (Phi) is 3.64. The van der Waals surface area contributed by atoms with Crippen LogP contribution in [-0.4, -0.2) is 30.6 Å². The lowest BCUT2D eigenvalue weighted by Crippen LogP contribution is -2.47. The van der Waals surface area contributed by atoms with Gasteiger partial charge in [0.05, 0.1) is 6.04 Å². The molecule has 92 valence electrons. The number of phenolic OH excluding ortho intramolecular Hbond substituents is 1. The summed E-state index contributed by atoms with van der Waals surface area (Å²) < 4.78 is 0. The van der Waals surface area contributed by atoms with Gasteiger partial charge in [-0.05, 0) is 31.5 Å². The van der Waals surface area contributed by atoms with Crippen LogP contribution in [0.2, 0.25) is 0 Å². The minimum absolute atomic E-state index is 0.0651. The lowest BCUT2D eigenvalue weighted by Gasteiger charge is -2.27. The first kappa shape index (κ1) is 11.9. The average Bonchev–Trinajstić information content (AvgIpc) is 2.38. The minimum atomic E-state index is -0.0869. The van der Waals surface area contributed by atoms with Crippen molar-refractivity contribution < 1.29 is 9.90 Å². The second-order valence-corrected chi connectivity index (χ2v) is 4.42. The monoisotopic (exact) mass is 234 g/mol. The highest BCUT2D eigenvalue weighted by molar-refractivity contribution is 5.96. The molecule has 1 fully saturated rings. The molecular formula is C13H18N2O2. The van der Waals surface area contributed by atoms with Gasteiger partial charge in [-0.2, -0.15) is 0 Å². The number of benzene rings is 1. The van der Waals surface area contributed by atoms with E-state index in [1.54, 1.807) is 30.1 Å². The molecule has 1 aromatic rings. The summed E-state index contributed by atoms with van der Waals surface area (Å²) in [6.45, 7) is 0.907. The van der Waals surface area contributed by atoms with Crippen LogP contribution < -0.4 is 10.2 Å². The summed E-state index contributed by atoms with van der Waals surface area (Å²) in [5.41, 5.74) is 0.724. The number of rotatable bonds is 2. The molecule has 2 rings (SSSR count). The van der Waals surface area contributed by atoms with Gasteiger partial charge in [0.2, 0.25) is 5.91 Å². The van der Waals surface area contributed by atoms with E-state index >= 15 is 0 Å². The Morgan fingerprint density at radius 2 is 2.29 bits per heavy atom. The van der Waals surface area contributed by atoms with Crippen LogP contribution in [0.4, 0.5) is 5.69 Å². The van der Waals surface area contributed by atoms with Crippen molar-refractivity contribution in [3.8, 4) is 5.75 Å². The topological polar surface area (TPSA) is 52.6 Å². The van der Waals surface area contributed by atoms with Gasteiger partial charge in [0.25, 0.3) is 0 Å². The molecule has 1 aromatic carbocycles. The van der Waals surface area contributed by atoms with Crippen LogP contribution in [0.15, 0.2) is 24.3 Å². The van der Waals surface area contributed by atoms with E-state index in [9.17, 15) is 9.90 Å². The lowest BCUT2D eigenvalue weighted by molar-refractivity contribution is -0.120. The van der Waals surface area contributed by atoms with E-state index in [0.717, 1.165) is 31.5 Å². The number of hydrogen-bond donors (Lipinski definition) is 2. The van der Waals surface area contributed by atoms with Crippen molar-refractivity contribution in [2.75, 3.05) is 18.5 Å². The van der Waals surface area contributed by atoms with E-state index < -0.39 is 0 Å². The summed E-state index contributed by atoms with van der Waals surface area (Å²) in [5, 5.41) is 12.6. The van der Waals surface area contributed by atoms with Gasteiger partial charge in [0.15, 0.2) is 0 Å². The van der Waals surface area contributed by atoms with Crippen LogP contribution >= 0.6 is 0 Å². The van der Waals surface area contributed by atoms with Crippen LogP contribution in [0, 0.1) is 0 Å². The molecule has 0 aliphatic carbocycles. The smallest absolute Gasteiger partial charge is 0.243 e. The maximum atomic E-state index is 12.2. The second kappa shape index (κ2) is 5.19. The van der Waals surface area contributed by atoms with Crippen molar-refractivity contribution in [3.63, 3.8) is 0 Å². The molecule has 1 aliphatic rings. The van der Waals surface area contributed by atoms with Gasteiger partial charge >= 0.3 is 0 Å². The molecule has 2 N–H and O–H groups in total. The predicted octanol–water partition coefficient (Wildman–Crippen LogP) is 1.50. The Hall–Kier alpha value is -1.55. The number of carbonyl (C=O) groups is 1. The van der Waals surface area contributed by atoms with Crippen molar-refractivity contribution in [1.29, 1.82) is 0 Å². The Bertz CT molecular complexity index is 400. The normalized spacial score (nSPS) is 19.9. The molecule has 4 nitrogen and oxygen atoms in total. The van der Waals surface area contributed by atoms with E-state index in [1.807, 2.05) is 6.07 Å². The number of nitrogens with zero attached hydrogens (tertiary/aromatic N) is 1. The molecule has 4 heteroatoms. The number of nitrogens with one attached hydrogen (secondary N) is 1. The number of phenols is 1. The zero-order chi connectivity index (χ0) is 12.3. The van der Waals surface area contributed by atoms with E-state index in [0.29, 0.717) is 0 Å². The third kappa shape index (κ3) is 2.77. The van der Waals surface area contributed by atoms with Gasteiger partial charge in [-0.15, -0.1) is 0 Å². The Morgan fingerprint density at radius 1 is 1.47 bits per heavy atom. The van der Waals surface area contributed by atoms with Gasteiger partial charge in [0.1, 0.15) is 5.75 Å². The van der Waals surface area contributed by atoms with Crippen molar-refractivity contribution >= 4 is 11.6 Å². The molecule has 1 heterocycles. The second-order valence-electron chi connectivity index (χ2n) is 4.42. The van der Waals surface area contributed by atoms with E-state index in [4.69, 9.17) is 0 Å². The third-order valence-electron chi connectivity index (χ3n) is 3.16. The first-order valence-electron chi connectivity index (χ1n) is 5.98. The molecule has 0 spiro atoms. The zero-order valence-electron chi connectivity index (χ0n) is 10.0. The van der Waals surface area contributed by atoms with Gasteiger partial charge in [-0.1, -0.05) is 12.5 Å². The molecule has 0 aromatic heterocycles. The van der Waals surface area contributed by atoms with Crippen LogP contribution in [0.1, 0.15) is 19.3 Å². The summed E-state index contributed by atoms with van der Waals surface area (Å²) in [6.07, 6.45) is 3.12. The Balaban J connectivity index is 2.08. The molecule has 1 amide bonds. The van der Waals surface area contributed by atoms with Crippen molar-refractivity contribution in [1.82, 2.24) is 5.32 Å². The van der Waals surface area contributed by atoms with Gasteiger partial charge in [0, 0.05) is 18.8 Å². The first-order valence-corrected chi connectivity index (χ1v) is 5.98. The number of anilines is 1. The van der Waals surface area contributed by atoms with E-state index in [-0.39, 0.29) is 17.7 Å². The summed E-state index contributed by atoms with van der Waals surface area (Å²) >= 11 is 0. The molecule has 0 saturated carbocycles. The molecular weight excluding hydrogens is 216 g/mol. The van der Waals surface area contributed by atoms with Crippen LogP contribution in [-0.2, 0) is 4.79 Å². The van der Waals surface area contributed by atoms with E-state index in [2.05, 4.69) is 5.32 Å². The SMILES string of the molecule is CN(C(=O)[C@@H]1CCCCN1)c1cccc(O)c1. The summed E-state index contributed by atoms with van der Waals surface area (Å²) in [4.78, 5) is 13.8. The quantitative estimate of drug-likeness (QED) is 0.815. The molecule has 0 unspecified atom stereocenters. The van der Waals surface area contributed by atoms with Gasteiger partial charge in [-0.3, -0.25) is 4.79 Å². The molecule has 0 bridgehead atoms. The first-order chi connectivity index (χ1) is 8.18. The molecule has 1 saturated heterocycles. The number of aromatic hydroxyl groups is 1. The Labute approximate surface area is 101 Å². The standard InChI is InChI=1S/C13H18N2O2/c1-15(10-5-4-6-11(16)9-10)13(17)12-7-2-3-8-14-12/h4-6,9,12,14,16H,2-3,7-8H2,1H3/t12-/m0/s1. The third-order valence-corrected chi connectivity index (χ3v) is 3.16. The van der Waals surface area contributed by atoms with Crippen LogP contribution in [0.3, 0.4) is 0 Å². The fraction of sp³-hybridized carbons (Fsp3) is 0.462. The molecule has 1 aliphatic heterocycles. The fourth-order valence-electron chi connectivity index (χ4n) is 2.13. The van der Waals surface area contributed by atoms with Crippen LogP contribution in [0.25, 0.3) is 0 Å². The van der Waals surface area contributed by atoms with Crippen molar-refractivity contribution in [2.45, 2.75) is 25.3 Å². The van der Waals surface area contributed by atoms with Gasteiger partial charge < -0.3 is 15.3 Å². The lowest BCUT2D eigenvalue weighted by atomic mass is 10.0. The number of carbonyl (C=O) groups excluding carboxylic acids is 1. The predicted molar refractivity (Wildman–Crippen MR) is 67.2 cm³/mol. The average molecular weight is 234 g/mol. The summed E-state index contributed by atoms with van der Waals surface area (Å²) in [6, 6.07) is 6.67. The van der Waals surface area contributed by atoms with Crippen molar-refractivity contribution in [3.05, 3.63) is 24.3 Å². The molecule has 0 radical (unpaired) electrons. The summed E-state index contributed by atoms with van der Waals surface area (Å²) in [5.74, 6) is 0.244. The number of piperidine rings is 1. The van der Waals surface area contributed by atoms with Crippen LogP contribution in [0.5, 0.6) is 5.75 Å².